The molecule has 0 saturated heterocycles. The van der Waals surface area contributed by atoms with Crippen molar-refractivity contribution in [3.05, 3.63) is 66.1 Å². The predicted molar refractivity (Wildman–Crippen MR) is 92.2 cm³/mol. The molecule has 0 aliphatic rings. The summed E-state index contributed by atoms with van der Waals surface area (Å²) >= 11 is 0. The topological polar surface area (TPSA) is 57.8 Å². The summed E-state index contributed by atoms with van der Waals surface area (Å²) < 4.78 is 0. The Hall–Kier alpha value is -2.62. The minimum Gasteiger partial charge on any atom is -0.361 e. The van der Waals surface area contributed by atoms with Gasteiger partial charge in [0.05, 0.1) is 6.42 Å². The van der Waals surface area contributed by atoms with Crippen molar-refractivity contribution in [3.8, 4) is 0 Å². The number of amides is 1. The van der Waals surface area contributed by atoms with E-state index in [0.717, 1.165) is 42.3 Å². The van der Waals surface area contributed by atoms with Gasteiger partial charge in [-0.25, -0.2) is 0 Å². The first kappa shape index (κ1) is 15.3. The highest BCUT2D eigenvalue weighted by molar-refractivity contribution is 5.88. The van der Waals surface area contributed by atoms with E-state index in [1.807, 2.05) is 42.7 Å². The lowest BCUT2D eigenvalue weighted by Gasteiger charge is -2.05. The standard InChI is InChI=1S/C19H21N3O/c23-19(12-16-14-22-18-9-2-1-8-17(16)18)21-11-4-3-6-15-7-5-10-20-13-15/h1-2,5,7-10,13-14,22H,3-4,6,11-12H2,(H,21,23). The zero-order valence-electron chi connectivity index (χ0n) is 13.1. The minimum absolute atomic E-state index is 0.0798. The molecule has 2 aromatic heterocycles. The van der Waals surface area contributed by atoms with Gasteiger partial charge in [0.25, 0.3) is 0 Å². The van der Waals surface area contributed by atoms with Gasteiger partial charge in [-0.3, -0.25) is 9.78 Å². The molecule has 0 fully saturated rings. The number of nitrogens with one attached hydrogen (secondary N) is 2. The number of H-pyrrole nitrogens is 1. The Kier molecular flexibility index (Phi) is 5.04. The molecule has 0 aliphatic heterocycles. The first-order chi connectivity index (χ1) is 11.3. The summed E-state index contributed by atoms with van der Waals surface area (Å²) in [5.74, 6) is 0.0798. The number of aryl methyl sites for hydroxylation is 1. The highest BCUT2D eigenvalue weighted by Gasteiger charge is 2.07. The van der Waals surface area contributed by atoms with Gasteiger partial charge in [0.1, 0.15) is 0 Å². The highest BCUT2D eigenvalue weighted by atomic mass is 16.1. The van der Waals surface area contributed by atoms with Crippen molar-refractivity contribution in [2.24, 2.45) is 0 Å². The van der Waals surface area contributed by atoms with E-state index in [2.05, 4.69) is 21.4 Å². The van der Waals surface area contributed by atoms with Crippen LogP contribution in [0.4, 0.5) is 0 Å². The monoisotopic (exact) mass is 307 g/mol. The van der Waals surface area contributed by atoms with E-state index in [1.165, 1.54) is 5.56 Å². The molecular weight excluding hydrogens is 286 g/mol. The maximum Gasteiger partial charge on any atom is 0.224 e. The fourth-order valence-corrected chi connectivity index (χ4v) is 2.74. The summed E-state index contributed by atoms with van der Waals surface area (Å²) in [6.45, 7) is 0.724. The molecule has 2 N–H and O–H groups in total. The fraction of sp³-hybridized carbons (Fsp3) is 0.263. The number of fused-ring (bicyclic) bond motifs is 1. The lowest BCUT2D eigenvalue weighted by molar-refractivity contribution is -0.120. The second-order valence-electron chi connectivity index (χ2n) is 5.70. The number of nitrogens with zero attached hydrogens (tertiary/aromatic N) is 1. The van der Waals surface area contributed by atoms with E-state index in [1.54, 1.807) is 6.20 Å². The lowest BCUT2D eigenvalue weighted by Crippen LogP contribution is -2.26. The Balaban J connectivity index is 1.40. The Morgan fingerprint density at radius 3 is 2.91 bits per heavy atom. The number of aromatic amines is 1. The normalized spacial score (nSPS) is 10.8. The summed E-state index contributed by atoms with van der Waals surface area (Å²) in [5.41, 5.74) is 3.37. The van der Waals surface area contributed by atoms with Crippen LogP contribution in [0.15, 0.2) is 55.0 Å². The average molecular weight is 307 g/mol. The molecule has 3 rings (SSSR count). The molecule has 0 spiro atoms. The lowest BCUT2D eigenvalue weighted by atomic mass is 10.1. The second-order valence-corrected chi connectivity index (χ2v) is 5.70. The summed E-state index contributed by atoms with van der Waals surface area (Å²) in [6.07, 6.45) is 9.07. The van der Waals surface area contributed by atoms with E-state index in [-0.39, 0.29) is 5.91 Å². The van der Waals surface area contributed by atoms with Crippen LogP contribution in [0.5, 0.6) is 0 Å². The molecule has 4 nitrogen and oxygen atoms in total. The number of benzene rings is 1. The number of pyridine rings is 1. The molecule has 23 heavy (non-hydrogen) atoms. The van der Waals surface area contributed by atoms with Gasteiger partial charge in [0.2, 0.25) is 5.91 Å². The highest BCUT2D eigenvalue weighted by Crippen LogP contribution is 2.17. The molecular formula is C19H21N3O. The SMILES string of the molecule is O=C(Cc1c[nH]c2ccccc12)NCCCCc1cccnc1. The summed E-state index contributed by atoms with van der Waals surface area (Å²) in [7, 11) is 0. The van der Waals surface area contributed by atoms with Gasteiger partial charge in [-0.2, -0.15) is 0 Å². The Morgan fingerprint density at radius 2 is 2.04 bits per heavy atom. The van der Waals surface area contributed by atoms with Crippen LogP contribution in [0.1, 0.15) is 24.0 Å². The third-order valence-electron chi connectivity index (χ3n) is 3.96. The zero-order valence-corrected chi connectivity index (χ0v) is 13.1. The van der Waals surface area contributed by atoms with E-state index >= 15 is 0 Å². The molecule has 0 radical (unpaired) electrons. The number of para-hydroxylation sites is 1. The molecule has 1 amide bonds. The third-order valence-corrected chi connectivity index (χ3v) is 3.96. The van der Waals surface area contributed by atoms with Gasteiger partial charge in [0.15, 0.2) is 0 Å². The Morgan fingerprint density at radius 1 is 1.13 bits per heavy atom. The molecule has 0 bridgehead atoms. The van der Waals surface area contributed by atoms with E-state index in [0.29, 0.717) is 6.42 Å². The molecule has 118 valence electrons. The molecule has 0 aliphatic carbocycles. The number of hydrogen-bond acceptors (Lipinski definition) is 2. The van der Waals surface area contributed by atoms with Crippen molar-refractivity contribution >= 4 is 16.8 Å². The number of carbonyl (C=O) groups excluding carboxylic acids is 1. The molecule has 3 aromatic rings. The molecule has 2 heterocycles. The maximum atomic E-state index is 12.1. The molecule has 1 aromatic carbocycles. The number of hydrogen-bond donors (Lipinski definition) is 2. The van der Waals surface area contributed by atoms with Crippen LogP contribution in [0.3, 0.4) is 0 Å². The van der Waals surface area contributed by atoms with Crippen molar-refractivity contribution < 1.29 is 4.79 Å². The van der Waals surface area contributed by atoms with E-state index in [9.17, 15) is 4.79 Å². The van der Waals surface area contributed by atoms with Crippen LogP contribution >= 0.6 is 0 Å². The predicted octanol–water partition coefficient (Wildman–Crippen LogP) is 3.24. The van der Waals surface area contributed by atoms with Gasteiger partial charge in [-0.15, -0.1) is 0 Å². The van der Waals surface area contributed by atoms with Crippen LogP contribution in [-0.2, 0) is 17.6 Å². The molecule has 4 heteroatoms. The first-order valence-electron chi connectivity index (χ1n) is 8.03. The van der Waals surface area contributed by atoms with Crippen molar-refractivity contribution in [1.29, 1.82) is 0 Å². The van der Waals surface area contributed by atoms with Crippen LogP contribution in [0.2, 0.25) is 0 Å². The molecule has 0 saturated carbocycles. The van der Waals surface area contributed by atoms with Crippen LogP contribution < -0.4 is 5.32 Å². The van der Waals surface area contributed by atoms with Crippen molar-refractivity contribution in [1.82, 2.24) is 15.3 Å². The van der Waals surface area contributed by atoms with Gasteiger partial charge in [-0.05, 0) is 42.5 Å². The summed E-state index contributed by atoms with van der Waals surface area (Å²) in [6, 6.07) is 12.1. The molecule has 0 atom stereocenters. The Bertz CT molecular complexity index is 764. The summed E-state index contributed by atoms with van der Waals surface area (Å²) in [5, 5.41) is 4.13. The quantitative estimate of drug-likeness (QED) is 0.658. The van der Waals surface area contributed by atoms with E-state index in [4.69, 9.17) is 0 Å². The molecule has 0 unspecified atom stereocenters. The number of aromatic nitrogens is 2. The van der Waals surface area contributed by atoms with Crippen LogP contribution in [-0.4, -0.2) is 22.4 Å². The maximum absolute atomic E-state index is 12.1. The van der Waals surface area contributed by atoms with Gasteiger partial charge < -0.3 is 10.3 Å². The number of carbonyl (C=O) groups is 1. The first-order valence-corrected chi connectivity index (χ1v) is 8.03. The Labute approximate surface area is 136 Å². The van der Waals surface area contributed by atoms with Crippen LogP contribution in [0.25, 0.3) is 10.9 Å². The smallest absolute Gasteiger partial charge is 0.224 e. The van der Waals surface area contributed by atoms with E-state index < -0.39 is 0 Å². The van der Waals surface area contributed by atoms with Gasteiger partial charge in [-0.1, -0.05) is 24.3 Å². The van der Waals surface area contributed by atoms with Crippen LogP contribution in [0, 0.1) is 0 Å². The van der Waals surface area contributed by atoms with Crippen molar-refractivity contribution in [3.63, 3.8) is 0 Å². The zero-order chi connectivity index (χ0) is 15.9. The van der Waals surface area contributed by atoms with Crippen molar-refractivity contribution in [2.45, 2.75) is 25.7 Å². The van der Waals surface area contributed by atoms with Gasteiger partial charge in [0, 0.05) is 36.0 Å². The minimum atomic E-state index is 0.0798. The summed E-state index contributed by atoms with van der Waals surface area (Å²) in [4.78, 5) is 19.4. The number of unbranched alkanes of at least 4 members (excludes halogenated alkanes) is 1. The third kappa shape index (κ3) is 4.19. The second kappa shape index (κ2) is 7.58. The van der Waals surface area contributed by atoms with Gasteiger partial charge >= 0.3 is 0 Å². The number of rotatable bonds is 7. The average Bonchev–Trinajstić information content (AvgIpc) is 2.99. The fourth-order valence-electron chi connectivity index (χ4n) is 2.74. The van der Waals surface area contributed by atoms with Crippen molar-refractivity contribution in [2.75, 3.05) is 6.54 Å². The largest absolute Gasteiger partial charge is 0.361 e.